The van der Waals surface area contributed by atoms with E-state index in [1.165, 1.54) is 6.42 Å². The van der Waals surface area contributed by atoms with Crippen molar-refractivity contribution < 1.29 is 4.74 Å². The highest BCUT2D eigenvalue weighted by Gasteiger charge is 2.08. The van der Waals surface area contributed by atoms with E-state index in [0.717, 1.165) is 55.7 Å². The van der Waals surface area contributed by atoms with Gasteiger partial charge in [-0.25, -0.2) is 0 Å². The van der Waals surface area contributed by atoms with Crippen LogP contribution in [0.25, 0.3) is 0 Å². The molecule has 1 N–H and O–H groups in total. The fraction of sp³-hybridized carbons (Fsp3) is 0.571. The van der Waals surface area contributed by atoms with Crippen LogP contribution < -0.4 is 10.1 Å². The zero-order chi connectivity index (χ0) is 12.8. The van der Waals surface area contributed by atoms with Crippen LogP contribution in [-0.4, -0.2) is 44.2 Å². The van der Waals surface area contributed by atoms with Crippen molar-refractivity contribution in [2.24, 2.45) is 0 Å². The highest BCUT2D eigenvalue weighted by Crippen LogP contribution is 2.21. The minimum atomic E-state index is 0.739. The van der Waals surface area contributed by atoms with E-state index in [0.29, 0.717) is 0 Å². The van der Waals surface area contributed by atoms with Crippen molar-refractivity contribution in [3.8, 4) is 5.75 Å². The Bertz CT molecular complexity index is 376. The molecule has 1 saturated heterocycles. The third-order valence-electron chi connectivity index (χ3n) is 3.23. The molecule has 0 amide bonds. The number of hydrogen-bond donors (Lipinski definition) is 1. The summed E-state index contributed by atoms with van der Waals surface area (Å²) in [6.07, 6.45) is 1.22. The first-order valence-electron chi connectivity index (χ1n) is 6.58. The van der Waals surface area contributed by atoms with E-state index < -0.39 is 0 Å². The highest BCUT2D eigenvalue weighted by molar-refractivity contribution is 6.30. The van der Waals surface area contributed by atoms with Crippen LogP contribution >= 0.6 is 11.6 Å². The molecule has 2 rings (SSSR count). The normalized spacial score (nSPS) is 17.4. The van der Waals surface area contributed by atoms with Crippen molar-refractivity contribution in [3.05, 3.63) is 28.8 Å². The average molecular weight is 269 g/mol. The third-order valence-corrected chi connectivity index (χ3v) is 3.47. The summed E-state index contributed by atoms with van der Waals surface area (Å²) in [6.45, 7) is 8.25. The Morgan fingerprint density at radius 1 is 1.33 bits per heavy atom. The summed E-state index contributed by atoms with van der Waals surface area (Å²) in [5.41, 5.74) is 1.10. The molecule has 0 bridgehead atoms. The van der Waals surface area contributed by atoms with Crippen LogP contribution in [0.1, 0.15) is 12.0 Å². The molecule has 1 fully saturated rings. The van der Waals surface area contributed by atoms with Crippen LogP contribution in [0, 0.1) is 6.92 Å². The van der Waals surface area contributed by atoms with Gasteiger partial charge >= 0.3 is 0 Å². The molecule has 0 unspecified atom stereocenters. The molecule has 18 heavy (non-hydrogen) atoms. The summed E-state index contributed by atoms with van der Waals surface area (Å²) in [5, 5.41) is 4.17. The number of halogens is 1. The largest absolute Gasteiger partial charge is 0.492 e. The molecule has 0 saturated carbocycles. The summed E-state index contributed by atoms with van der Waals surface area (Å²) < 4.78 is 5.81. The average Bonchev–Trinajstić information content (AvgIpc) is 2.60. The van der Waals surface area contributed by atoms with E-state index in [-0.39, 0.29) is 0 Å². The highest BCUT2D eigenvalue weighted by atomic mass is 35.5. The third kappa shape index (κ3) is 4.16. The summed E-state index contributed by atoms with van der Waals surface area (Å²) in [7, 11) is 0. The molecule has 0 aliphatic carbocycles. The fourth-order valence-electron chi connectivity index (χ4n) is 2.18. The van der Waals surface area contributed by atoms with Gasteiger partial charge in [0.15, 0.2) is 0 Å². The second-order valence-electron chi connectivity index (χ2n) is 4.70. The Kier molecular flexibility index (Phi) is 5.29. The number of nitrogens with one attached hydrogen (secondary N) is 1. The first-order valence-corrected chi connectivity index (χ1v) is 6.95. The van der Waals surface area contributed by atoms with Gasteiger partial charge in [-0.15, -0.1) is 0 Å². The molecule has 4 heteroatoms. The summed E-state index contributed by atoms with van der Waals surface area (Å²) in [6, 6.07) is 5.76. The maximum absolute atomic E-state index is 5.92. The SMILES string of the molecule is Cc1cc(Cl)ccc1OCCN1CCCNCC1. The lowest BCUT2D eigenvalue weighted by atomic mass is 10.2. The van der Waals surface area contributed by atoms with Crippen LogP contribution in [0.5, 0.6) is 5.75 Å². The van der Waals surface area contributed by atoms with Crippen LogP contribution in [-0.2, 0) is 0 Å². The van der Waals surface area contributed by atoms with E-state index >= 15 is 0 Å². The maximum atomic E-state index is 5.92. The van der Waals surface area contributed by atoms with Crippen molar-refractivity contribution in [3.63, 3.8) is 0 Å². The Hall–Kier alpha value is -0.770. The molecular weight excluding hydrogens is 248 g/mol. The Labute approximate surface area is 114 Å². The van der Waals surface area contributed by atoms with Crippen molar-refractivity contribution in [2.75, 3.05) is 39.3 Å². The van der Waals surface area contributed by atoms with Crippen LogP contribution in [0.15, 0.2) is 18.2 Å². The van der Waals surface area contributed by atoms with Gasteiger partial charge in [0.1, 0.15) is 12.4 Å². The molecular formula is C14H21ClN2O. The van der Waals surface area contributed by atoms with Crippen LogP contribution in [0.4, 0.5) is 0 Å². The number of aryl methyl sites for hydroxylation is 1. The van der Waals surface area contributed by atoms with Gasteiger partial charge in [0.25, 0.3) is 0 Å². The summed E-state index contributed by atoms with van der Waals surface area (Å²) in [5.74, 6) is 0.937. The number of ether oxygens (including phenoxy) is 1. The van der Waals surface area contributed by atoms with E-state index in [4.69, 9.17) is 16.3 Å². The number of benzene rings is 1. The summed E-state index contributed by atoms with van der Waals surface area (Å²) >= 11 is 5.92. The molecule has 0 spiro atoms. The van der Waals surface area contributed by atoms with E-state index in [2.05, 4.69) is 10.2 Å². The monoisotopic (exact) mass is 268 g/mol. The predicted molar refractivity (Wildman–Crippen MR) is 75.6 cm³/mol. The molecule has 0 atom stereocenters. The lowest BCUT2D eigenvalue weighted by molar-refractivity contribution is 0.217. The van der Waals surface area contributed by atoms with Gasteiger partial charge in [0.05, 0.1) is 0 Å². The van der Waals surface area contributed by atoms with Crippen LogP contribution in [0.3, 0.4) is 0 Å². The molecule has 1 aliphatic rings. The van der Waals surface area contributed by atoms with Gasteiger partial charge in [0.2, 0.25) is 0 Å². The van der Waals surface area contributed by atoms with Crippen molar-refractivity contribution >= 4 is 11.6 Å². The zero-order valence-corrected chi connectivity index (χ0v) is 11.7. The Morgan fingerprint density at radius 2 is 2.22 bits per heavy atom. The van der Waals surface area contributed by atoms with E-state index in [1.54, 1.807) is 0 Å². The Morgan fingerprint density at radius 3 is 3.06 bits per heavy atom. The molecule has 1 aliphatic heterocycles. The second kappa shape index (κ2) is 6.98. The molecule has 1 heterocycles. The molecule has 0 aromatic heterocycles. The fourth-order valence-corrected chi connectivity index (χ4v) is 2.41. The molecule has 100 valence electrons. The minimum absolute atomic E-state index is 0.739. The number of hydrogen-bond acceptors (Lipinski definition) is 3. The van der Waals surface area contributed by atoms with Gasteiger partial charge in [-0.2, -0.15) is 0 Å². The Balaban J connectivity index is 1.77. The molecule has 3 nitrogen and oxygen atoms in total. The lowest BCUT2D eigenvalue weighted by Gasteiger charge is -2.19. The second-order valence-corrected chi connectivity index (χ2v) is 5.14. The number of nitrogens with zero attached hydrogens (tertiary/aromatic N) is 1. The van der Waals surface area contributed by atoms with Gasteiger partial charge < -0.3 is 10.1 Å². The quantitative estimate of drug-likeness (QED) is 0.907. The lowest BCUT2D eigenvalue weighted by Crippen LogP contribution is -2.31. The van der Waals surface area contributed by atoms with Gasteiger partial charge in [-0.1, -0.05) is 11.6 Å². The maximum Gasteiger partial charge on any atom is 0.122 e. The first-order chi connectivity index (χ1) is 8.75. The van der Waals surface area contributed by atoms with E-state index in [1.807, 2.05) is 25.1 Å². The standard InChI is InChI=1S/C14H21ClN2O/c1-12-11-13(15)3-4-14(12)18-10-9-17-7-2-5-16-6-8-17/h3-4,11,16H,2,5-10H2,1H3. The van der Waals surface area contributed by atoms with Gasteiger partial charge in [-0.3, -0.25) is 4.90 Å². The number of rotatable bonds is 4. The smallest absolute Gasteiger partial charge is 0.122 e. The predicted octanol–water partition coefficient (Wildman–Crippen LogP) is 2.32. The first kappa shape index (κ1) is 13.7. The van der Waals surface area contributed by atoms with Crippen molar-refractivity contribution in [2.45, 2.75) is 13.3 Å². The zero-order valence-electron chi connectivity index (χ0n) is 10.9. The topological polar surface area (TPSA) is 24.5 Å². The summed E-state index contributed by atoms with van der Waals surface area (Å²) in [4.78, 5) is 2.45. The van der Waals surface area contributed by atoms with Gasteiger partial charge in [0, 0.05) is 24.7 Å². The van der Waals surface area contributed by atoms with Crippen molar-refractivity contribution in [1.82, 2.24) is 10.2 Å². The van der Waals surface area contributed by atoms with Gasteiger partial charge in [-0.05, 0) is 50.2 Å². The minimum Gasteiger partial charge on any atom is -0.492 e. The molecule has 1 aromatic carbocycles. The molecule has 1 aromatic rings. The van der Waals surface area contributed by atoms with Crippen LogP contribution in [0.2, 0.25) is 5.02 Å². The molecule has 0 radical (unpaired) electrons. The van der Waals surface area contributed by atoms with E-state index in [9.17, 15) is 0 Å². The van der Waals surface area contributed by atoms with Crippen molar-refractivity contribution in [1.29, 1.82) is 0 Å².